The summed E-state index contributed by atoms with van der Waals surface area (Å²) in [5.74, 6) is 1.80. The van der Waals surface area contributed by atoms with E-state index in [0.29, 0.717) is 12.8 Å². The first kappa shape index (κ1) is 8.75. The molecule has 0 aromatic carbocycles. The average molecular weight is 175 g/mol. The van der Waals surface area contributed by atoms with Gasteiger partial charge in [-0.05, 0) is 24.3 Å². The van der Waals surface area contributed by atoms with Gasteiger partial charge in [0.1, 0.15) is 12.2 Å². The standard InChI is InChI=1S/C7H10FNOS/c8-5-7(9-6-10)1-3-11-4-2-7/h1-5H2. The Kier molecular flexibility index (Phi) is 3.09. The molecular weight excluding hydrogens is 165 g/mol. The van der Waals surface area contributed by atoms with Gasteiger partial charge < -0.3 is 0 Å². The van der Waals surface area contributed by atoms with E-state index in [1.165, 1.54) is 6.08 Å². The molecule has 1 aliphatic heterocycles. The summed E-state index contributed by atoms with van der Waals surface area (Å²) in [7, 11) is 0. The van der Waals surface area contributed by atoms with Crippen molar-refractivity contribution in [3.63, 3.8) is 0 Å². The second-order valence-electron chi connectivity index (χ2n) is 2.67. The van der Waals surface area contributed by atoms with E-state index >= 15 is 0 Å². The van der Waals surface area contributed by atoms with Crippen LogP contribution in [0.4, 0.5) is 4.39 Å². The van der Waals surface area contributed by atoms with Crippen molar-refractivity contribution in [1.29, 1.82) is 0 Å². The van der Waals surface area contributed by atoms with Gasteiger partial charge in [0.05, 0.1) is 0 Å². The van der Waals surface area contributed by atoms with Gasteiger partial charge in [-0.15, -0.1) is 0 Å². The molecule has 1 rings (SSSR count). The quantitative estimate of drug-likeness (QED) is 0.471. The predicted octanol–water partition coefficient (Wildman–Crippen LogP) is 1.56. The van der Waals surface area contributed by atoms with Gasteiger partial charge in [0.25, 0.3) is 0 Å². The van der Waals surface area contributed by atoms with E-state index in [9.17, 15) is 9.18 Å². The van der Waals surface area contributed by atoms with Crippen LogP contribution in [0, 0.1) is 0 Å². The summed E-state index contributed by atoms with van der Waals surface area (Å²) in [6.07, 6.45) is 2.80. The molecule has 0 spiro atoms. The maximum atomic E-state index is 12.4. The molecule has 4 heteroatoms. The van der Waals surface area contributed by atoms with Crippen LogP contribution in [0.2, 0.25) is 0 Å². The second-order valence-corrected chi connectivity index (χ2v) is 3.90. The van der Waals surface area contributed by atoms with Gasteiger partial charge in [-0.2, -0.15) is 16.8 Å². The van der Waals surface area contributed by atoms with Crippen LogP contribution in [0.5, 0.6) is 0 Å². The first-order valence-electron chi connectivity index (χ1n) is 3.56. The fraction of sp³-hybridized carbons (Fsp3) is 0.857. The number of carbonyl (C=O) groups excluding carboxylic acids is 1. The third-order valence-corrected chi connectivity index (χ3v) is 2.94. The zero-order valence-electron chi connectivity index (χ0n) is 6.18. The zero-order chi connectivity index (χ0) is 8.16. The fourth-order valence-corrected chi connectivity index (χ4v) is 2.38. The van der Waals surface area contributed by atoms with E-state index in [1.807, 2.05) is 0 Å². The molecule has 0 amide bonds. The molecular formula is C7H10FNOS. The second kappa shape index (κ2) is 3.88. The van der Waals surface area contributed by atoms with Crippen LogP contribution in [0.1, 0.15) is 12.8 Å². The Bertz CT molecular complexity index is 173. The molecule has 0 aromatic heterocycles. The zero-order valence-corrected chi connectivity index (χ0v) is 6.99. The molecule has 2 nitrogen and oxygen atoms in total. The van der Waals surface area contributed by atoms with E-state index < -0.39 is 12.2 Å². The van der Waals surface area contributed by atoms with Gasteiger partial charge in [0.15, 0.2) is 0 Å². The number of hydrogen-bond donors (Lipinski definition) is 0. The molecule has 0 N–H and O–H groups in total. The van der Waals surface area contributed by atoms with Crippen molar-refractivity contribution in [2.24, 2.45) is 4.99 Å². The van der Waals surface area contributed by atoms with E-state index in [-0.39, 0.29) is 0 Å². The lowest BCUT2D eigenvalue weighted by molar-refractivity contribution is 0.289. The Morgan fingerprint density at radius 2 is 2.18 bits per heavy atom. The normalized spacial score (nSPS) is 22.3. The Morgan fingerprint density at radius 3 is 2.64 bits per heavy atom. The lowest BCUT2D eigenvalue weighted by Gasteiger charge is -2.28. The lowest BCUT2D eigenvalue weighted by atomic mass is 9.95. The molecule has 11 heavy (non-hydrogen) atoms. The van der Waals surface area contributed by atoms with Gasteiger partial charge in [-0.1, -0.05) is 0 Å². The van der Waals surface area contributed by atoms with Crippen LogP contribution in [-0.4, -0.2) is 29.8 Å². The van der Waals surface area contributed by atoms with Crippen molar-refractivity contribution >= 4 is 17.8 Å². The molecule has 1 heterocycles. The molecule has 0 unspecified atom stereocenters. The first-order valence-corrected chi connectivity index (χ1v) is 4.71. The lowest BCUT2D eigenvalue weighted by Crippen LogP contribution is -2.33. The van der Waals surface area contributed by atoms with Crippen LogP contribution in [0.25, 0.3) is 0 Å². The van der Waals surface area contributed by atoms with Crippen molar-refractivity contribution in [3.05, 3.63) is 0 Å². The van der Waals surface area contributed by atoms with Crippen LogP contribution < -0.4 is 0 Å². The summed E-state index contributed by atoms with van der Waals surface area (Å²) in [4.78, 5) is 13.5. The first-order chi connectivity index (χ1) is 5.33. The molecule has 1 saturated heterocycles. The maximum absolute atomic E-state index is 12.4. The number of thioether (sulfide) groups is 1. The predicted molar refractivity (Wildman–Crippen MR) is 43.4 cm³/mol. The Morgan fingerprint density at radius 1 is 1.55 bits per heavy atom. The molecule has 62 valence electrons. The molecule has 1 fully saturated rings. The molecule has 0 aliphatic carbocycles. The minimum absolute atomic E-state index is 0.525. The Labute approximate surface area is 69.3 Å². The monoisotopic (exact) mass is 175 g/mol. The van der Waals surface area contributed by atoms with Gasteiger partial charge >= 0.3 is 0 Å². The third kappa shape index (κ3) is 2.04. The van der Waals surface area contributed by atoms with E-state index in [0.717, 1.165) is 11.5 Å². The highest BCUT2D eigenvalue weighted by Crippen LogP contribution is 2.30. The summed E-state index contributed by atoms with van der Waals surface area (Å²) >= 11 is 1.78. The van der Waals surface area contributed by atoms with Gasteiger partial charge in [0, 0.05) is 0 Å². The van der Waals surface area contributed by atoms with E-state index in [2.05, 4.69) is 4.99 Å². The molecule has 1 aliphatic rings. The molecule has 0 bridgehead atoms. The molecule has 0 saturated carbocycles. The van der Waals surface area contributed by atoms with Gasteiger partial charge in [-0.3, -0.25) is 0 Å². The minimum atomic E-state index is -0.715. The highest BCUT2D eigenvalue weighted by molar-refractivity contribution is 7.99. The number of rotatable bonds is 2. The van der Waals surface area contributed by atoms with Crippen LogP contribution in [0.15, 0.2) is 4.99 Å². The van der Waals surface area contributed by atoms with Crippen LogP contribution in [0.3, 0.4) is 0 Å². The number of halogens is 1. The maximum Gasteiger partial charge on any atom is 0.235 e. The summed E-state index contributed by atoms with van der Waals surface area (Å²) in [5, 5.41) is 0. The SMILES string of the molecule is O=C=NC1(CF)CCSCC1. The minimum Gasteiger partial charge on any atom is -0.248 e. The average Bonchev–Trinajstić information content (AvgIpc) is 2.07. The number of alkyl halides is 1. The largest absolute Gasteiger partial charge is 0.248 e. The molecule has 0 radical (unpaired) electrons. The highest BCUT2D eigenvalue weighted by atomic mass is 32.2. The van der Waals surface area contributed by atoms with E-state index in [4.69, 9.17) is 0 Å². The van der Waals surface area contributed by atoms with Crippen molar-refractivity contribution in [1.82, 2.24) is 0 Å². The van der Waals surface area contributed by atoms with Crippen LogP contribution in [-0.2, 0) is 4.79 Å². The summed E-state index contributed by atoms with van der Waals surface area (Å²) < 4.78 is 12.4. The van der Waals surface area contributed by atoms with E-state index in [1.54, 1.807) is 11.8 Å². The number of aliphatic imine (C=N–C) groups is 1. The molecule has 0 aromatic rings. The number of nitrogens with zero attached hydrogens (tertiary/aromatic N) is 1. The van der Waals surface area contributed by atoms with Gasteiger partial charge in [-0.25, -0.2) is 9.18 Å². The highest BCUT2D eigenvalue weighted by Gasteiger charge is 2.31. The van der Waals surface area contributed by atoms with Crippen molar-refractivity contribution in [3.8, 4) is 0 Å². The number of hydrogen-bond acceptors (Lipinski definition) is 3. The van der Waals surface area contributed by atoms with Gasteiger partial charge in [0.2, 0.25) is 6.08 Å². The van der Waals surface area contributed by atoms with Crippen molar-refractivity contribution < 1.29 is 9.18 Å². The third-order valence-electron chi connectivity index (χ3n) is 1.96. The van der Waals surface area contributed by atoms with Crippen LogP contribution >= 0.6 is 11.8 Å². The summed E-state index contributed by atoms with van der Waals surface area (Å²) in [6, 6.07) is 0. The van der Waals surface area contributed by atoms with Crippen molar-refractivity contribution in [2.75, 3.05) is 18.2 Å². The summed E-state index contributed by atoms with van der Waals surface area (Å²) in [6.45, 7) is -0.525. The number of isocyanates is 1. The Balaban J connectivity index is 2.64. The fourth-order valence-electron chi connectivity index (χ4n) is 1.12. The topological polar surface area (TPSA) is 29.4 Å². The molecule has 0 atom stereocenters. The smallest absolute Gasteiger partial charge is 0.235 e. The summed E-state index contributed by atoms with van der Waals surface area (Å²) in [5.41, 5.74) is -0.715. The van der Waals surface area contributed by atoms with Crippen molar-refractivity contribution in [2.45, 2.75) is 18.4 Å². The Hall–Kier alpha value is -0.340.